The van der Waals surface area contributed by atoms with E-state index in [2.05, 4.69) is 0 Å². The molecule has 1 heterocycles. The van der Waals surface area contributed by atoms with Crippen LogP contribution >= 0.6 is 0 Å². The van der Waals surface area contributed by atoms with Gasteiger partial charge in [-0.2, -0.15) is 0 Å². The predicted octanol–water partition coefficient (Wildman–Crippen LogP) is 1.21. The second-order valence-electron chi connectivity index (χ2n) is 4.28. The minimum Gasteiger partial charge on any atom is -0.480 e. The highest BCUT2D eigenvalue weighted by Gasteiger charge is 2.25. The van der Waals surface area contributed by atoms with Crippen LogP contribution in [0.1, 0.15) is 26.2 Å². The van der Waals surface area contributed by atoms with Crippen LogP contribution in [0.2, 0.25) is 0 Å². The fourth-order valence-electron chi connectivity index (χ4n) is 2.07. The summed E-state index contributed by atoms with van der Waals surface area (Å²) in [4.78, 5) is 12.8. The molecule has 4 nitrogen and oxygen atoms in total. The molecular weight excluding hydrogens is 194 g/mol. The lowest BCUT2D eigenvalue weighted by Crippen LogP contribution is -2.44. The lowest BCUT2D eigenvalue weighted by molar-refractivity contribution is -0.143. The van der Waals surface area contributed by atoms with E-state index in [0.29, 0.717) is 5.92 Å². The number of methoxy groups -OCH3 is 1. The molecule has 1 fully saturated rings. The number of hydrogen-bond acceptors (Lipinski definition) is 3. The molecule has 1 saturated heterocycles. The van der Waals surface area contributed by atoms with E-state index in [1.807, 2.05) is 4.90 Å². The zero-order valence-electron chi connectivity index (χ0n) is 9.61. The highest BCUT2D eigenvalue weighted by molar-refractivity contribution is 5.72. The number of hydrogen-bond donors (Lipinski definition) is 1. The van der Waals surface area contributed by atoms with Crippen molar-refractivity contribution >= 4 is 5.97 Å². The maximum Gasteiger partial charge on any atom is 0.320 e. The molecule has 1 unspecified atom stereocenters. The Morgan fingerprint density at radius 3 is 2.60 bits per heavy atom. The summed E-state index contributed by atoms with van der Waals surface area (Å²) in [6.07, 6.45) is 3.30. The molecule has 0 aromatic heterocycles. The van der Waals surface area contributed by atoms with Crippen LogP contribution < -0.4 is 0 Å². The Morgan fingerprint density at radius 1 is 1.53 bits per heavy atom. The fourth-order valence-corrected chi connectivity index (χ4v) is 2.07. The molecule has 0 saturated carbocycles. The van der Waals surface area contributed by atoms with E-state index >= 15 is 0 Å². The third-order valence-electron chi connectivity index (χ3n) is 3.28. The Labute approximate surface area is 91.2 Å². The number of piperidine rings is 1. The molecule has 15 heavy (non-hydrogen) atoms. The van der Waals surface area contributed by atoms with E-state index in [1.165, 1.54) is 0 Å². The van der Waals surface area contributed by atoms with E-state index in [-0.39, 0.29) is 6.04 Å². The SMILES string of the molecule is COCCC1CCN(C(C)C(=O)O)CC1. The van der Waals surface area contributed by atoms with E-state index in [1.54, 1.807) is 14.0 Å². The van der Waals surface area contributed by atoms with Crippen LogP contribution in [0.15, 0.2) is 0 Å². The predicted molar refractivity (Wildman–Crippen MR) is 57.9 cm³/mol. The minimum atomic E-state index is -0.717. The highest BCUT2D eigenvalue weighted by Crippen LogP contribution is 2.21. The van der Waals surface area contributed by atoms with Crippen molar-refractivity contribution < 1.29 is 14.6 Å². The number of aliphatic carboxylic acids is 1. The van der Waals surface area contributed by atoms with Crippen molar-refractivity contribution in [1.82, 2.24) is 4.90 Å². The molecule has 0 aliphatic carbocycles. The van der Waals surface area contributed by atoms with Gasteiger partial charge in [-0.05, 0) is 45.2 Å². The molecule has 4 heteroatoms. The van der Waals surface area contributed by atoms with Gasteiger partial charge in [0, 0.05) is 13.7 Å². The second kappa shape index (κ2) is 6.08. The van der Waals surface area contributed by atoms with Gasteiger partial charge >= 0.3 is 5.97 Å². The first-order valence-corrected chi connectivity index (χ1v) is 5.61. The van der Waals surface area contributed by atoms with Gasteiger partial charge in [0.1, 0.15) is 6.04 Å². The van der Waals surface area contributed by atoms with Crippen LogP contribution in [0.4, 0.5) is 0 Å². The summed E-state index contributed by atoms with van der Waals surface area (Å²) < 4.78 is 5.05. The minimum absolute atomic E-state index is 0.339. The molecule has 1 N–H and O–H groups in total. The average Bonchev–Trinajstić information content (AvgIpc) is 2.26. The molecule has 0 bridgehead atoms. The third kappa shape index (κ3) is 3.80. The molecular formula is C11H21NO3. The van der Waals surface area contributed by atoms with Crippen molar-refractivity contribution in [3.8, 4) is 0 Å². The summed E-state index contributed by atoms with van der Waals surface area (Å²) in [6, 6.07) is -0.339. The first-order chi connectivity index (χ1) is 7.15. The summed E-state index contributed by atoms with van der Waals surface area (Å²) in [5, 5.41) is 8.88. The quantitative estimate of drug-likeness (QED) is 0.749. The van der Waals surface area contributed by atoms with Gasteiger partial charge in [0.15, 0.2) is 0 Å². The number of carboxylic acids is 1. The molecule has 0 aromatic rings. The van der Waals surface area contributed by atoms with Gasteiger partial charge in [0.2, 0.25) is 0 Å². The van der Waals surface area contributed by atoms with Crippen LogP contribution in [0.5, 0.6) is 0 Å². The van der Waals surface area contributed by atoms with Gasteiger partial charge in [-0.25, -0.2) is 0 Å². The van der Waals surface area contributed by atoms with E-state index in [4.69, 9.17) is 9.84 Å². The zero-order valence-corrected chi connectivity index (χ0v) is 9.61. The normalized spacial score (nSPS) is 21.5. The van der Waals surface area contributed by atoms with Crippen molar-refractivity contribution in [2.24, 2.45) is 5.92 Å². The summed E-state index contributed by atoms with van der Waals surface area (Å²) in [7, 11) is 1.72. The van der Waals surface area contributed by atoms with Gasteiger partial charge < -0.3 is 9.84 Å². The molecule has 0 radical (unpaired) electrons. The van der Waals surface area contributed by atoms with Gasteiger partial charge in [-0.15, -0.1) is 0 Å². The maximum atomic E-state index is 10.8. The standard InChI is InChI=1S/C11H21NO3/c1-9(11(13)14)12-6-3-10(4-7-12)5-8-15-2/h9-10H,3-8H2,1-2H3,(H,13,14). The number of ether oxygens (including phenoxy) is 1. The second-order valence-corrected chi connectivity index (χ2v) is 4.28. The Kier molecular flexibility index (Phi) is 5.05. The Balaban J connectivity index is 2.26. The first-order valence-electron chi connectivity index (χ1n) is 5.61. The summed E-state index contributed by atoms with van der Waals surface area (Å²) >= 11 is 0. The lowest BCUT2D eigenvalue weighted by atomic mass is 9.93. The smallest absolute Gasteiger partial charge is 0.320 e. The van der Waals surface area contributed by atoms with Crippen molar-refractivity contribution in [3.05, 3.63) is 0 Å². The lowest BCUT2D eigenvalue weighted by Gasteiger charge is -2.34. The van der Waals surface area contributed by atoms with Gasteiger partial charge in [-0.1, -0.05) is 0 Å². The zero-order chi connectivity index (χ0) is 11.3. The summed E-state index contributed by atoms with van der Waals surface area (Å²) in [6.45, 7) is 4.39. The van der Waals surface area contributed by atoms with Crippen LogP contribution in [-0.2, 0) is 9.53 Å². The van der Waals surface area contributed by atoms with Gasteiger partial charge in [0.25, 0.3) is 0 Å². The van der Waals surface area contributed by atoms with Crippen molar-refractivity contribution in [2.45, 2.75) is 32.2 Å². The van der Waals surface area contributed by atoms with Crippen LogP contribution in [0.25, 0.3) is 0 Å². The molecule has 1 aliphatic heterocycles. The third-order valence-corrected chi connectivity index (χ3v) is 3.28. The molecule has 0 aromatic carbocycles. The van der Waals surface area contributed by atoms with Crippen molar-refractivity contribution in [3.63, 3.8) is 0 Å². The number of carboxylic acid groups (broad SMARTS) is 1. The molecule has 1 atom stereocenters. The Bertz CT molecular complexity index is 200. The van der Waals surface area contributed by atoms with E-state index in [9.17, 15) is 4.79 Å². The number of nitrogens with zero attached hydrogens (tertiary/aromatic N) is 1. The number of carbonyl (C=O) groups is 1. The Morgan fingerprint density at radius 2 is 2.13 bits per heavy atom. The molecule has 1 aliphatic rings. The molecule has 0 amide bonds. The van der Waals surface area contributed by atoms with Gasteiger partial charge in [-0.3, -0.25) is 9.69 Å². The molecule has 88 valence electrons. The molecule has 1 rings (SSSR count). The van der Waals surface area contributed by atoms with Gasteiger partial charge in [0.05, 0.1) is 0 Å². The highest BCUT2D eigenvalue weighted by atomic mass is 16.5. The fraction of sp³-hybridized carbons (Fsp3) is 0.909. The maximum absolute atomic E-state index is 10.8. The van der Waals surface area contributed by atoms with E-state index < -0.39 is 5.97 Å². The topological polar surface area (TPSA) is 49.8 Å². The number of rotatable bonds is 5. The van der Waals surface area contributed by atoms with Crippen LogP contribution in [-0.4, -0.2) is 48.8 Å². The monoisotopic (exact) mass is 215 g/mol. The summed E-state index contributed by atoms with van der Waals surface area (Å²) in [5.41, 5.74) is 0. The largest absolute Gasteiger partial charge is 0.480 e. The van der Waals surface area contributed by atoms with Crippen molar-refractivity contribution in [1.29, 1.82) is 0 Å². The first kappa shape index (κ1) is 12.5. The molecule has 0 spiro atoms. The number of likely N-dealkylation sites (tertiary alicyclic amines) is 1. The van der Waals surface area contributed by atoms with E-state index in [0.717, 1.165) is 39.0 Å². The van der Waals surface area contributed by atoms with Crippen molar-refractivity contribution in [2.75, 3.05) is 26.8 Å². The van der Waals surface area contributed by atoms with Crippen LogP contribution in [0.3, 0.4) is 0 Å². The Hall–Kier alpha value is -0.610. The summed E-state index contributed by atoms with van der Waals surface area (Å²) in [5.74, 6) is -0.00691. The van der Waals surface area contributed by atoms with Crippen LogP contribution in [0, 0.1) is 5.92 Å². The average molecular weight is 215 g/mol.